The zero-order chi connectivity index (χ0) is 24.3. The molecule has 0 saturated carbocycles. The van der Waals surface area contributed by atoms with Gasteiger partial charge in [0.2, 0.25) is 0 Å². The van der Waals surface area contributed by atoms with Crippen LogP contribution in [0.3, 0.4) is 0 Å². The third kappa shape index (κ3) is 10.2. The quantitative estimate of drug-likeness (QED) is 0.350. The molecule has 0 aliphatic rings. The third-order valence-electron chi connectivity index (χ3n) is 4.54. The molecule has 1 unspecified atom stereocenters. The lowest BCUT2D eigenvalue weighted by molar-refractivity contribution is -0.155. The highest BCUT2D eigenvalue weighted by atomic mass is 16.6. The molecule has 3 N–H and O–H groups in total. The van der Waals surface area contributed by atoms with E-state index in [0.717, 1.165) is 11.1 Å². The van der Waals surface area contributed by atoms with Crippen molar-refractivity contribution in [3.05, 3.63) is 71.8 Å². The molecule has 0 bridgehead atoms. The lowest BCUT2D eigenvalue weighted by Crippen LogP contribution is -2.44. The fourth-order valence-electron chi connectivity index (χ4n) is 3.08. The number of nitrogens with one attached hydrogen (secondary N) is 2. The van der Waals surface area contributed by atoms with E-state index in [1.807, 2.05) is 60.7 Å². The Bertz CT molecular complexity index is 896. The van der Waals surface area contributed by atoms with Gasteiger partial charge in [-0.1, -0.05) is 60.7 Å². The number of alkyl carbamates (subject to hydrolysis) is 1. The summed E-state index contributed by atoms with van der Waals surface area (Å²) in [4.78, 5) is 36.0. The molecule has 0 aromatic heterocycles. The van der Waals surface area contributed by atoms with Gasteiger partial charge in [-0.2, -0.15) is 0 Å². The number of ether oxygens (including phenoxy) is 2. The number of hydrogen-bond donors (Lipinski definition) is 3. The molecule has 8 heteroatoms. The van der Waals surface area contributed by atoms with Gasteiger partial charge in [0.1, 0.15) is 17.7 Å². The van der Waals surface area contributed by atoms with Crippen LogP contribution in [0, 0.1) is 0 Å². The van der Waals surface area contributed by atoms with Crippen molar-refractivity contribution in [1.82, 2.24) is 10.6 Å². The van der Waals surface area contributed by atoms with Crippen LogP contribution in [0.5, 0.6) is 0 Å². The number of rotatable bonds is 11. The van der Waals surface area contributed by atoms with Gasteiger partial charge in [0, 0.05) is 19.5 Å². The monoisotopic (exact) mass is 456 g/mol. The molecule has 0 saturated heterocycles. The predicted octanol–water partition coefficient (Wildman–Crippen LogP) is 3.47. The summed E-state index contributed by atoms with van der Waals surface area (Å²) >= 11 is 0. The van der Waals surface area contributed by atoms with Gasteiger partial charge < -0.3 is 25.2 Å². The number of carboxylic acids is 1. The second kappa shape index (κ2) is 12.6. The molecular weight excluding hydrogens is 424 g/mol. The summed E-state index contributed by atoms with van der Waals surface area (Å²) in [5.41, 5.74) is 1.18. The third-order valence-corrected chi connectivity index (χ3v) is 4.54. The first kappa shape index (κ1) is 25.9. The highest BCUT2D eigenvalue weighted by molar-refractivity contribution is 5.82. The van der Waals surface area contributed by atoms with E-state index in [1.54, 1.807) is 20.8 Å². The number of amides is 1. The Hall–Kier alpha value is -3.39. The second-order valence-electron chi connectivity index (χ2n) is 8.56. The van der Waals surface area contributed by atoms with Gasteiger partial charge in [-0.15, -0.1) is 0 Å². The SMILES string of the molecule is CC(C)(C)OC(=O)NCCN[C@H](CC(=O)O)C(=O)OC(Cc1ccccc1)c1ccccc1. The molecule has 0 aliphatic carbocycles. The molecular formula is C25H32N2O6. The maximum atomic E-state index is 12.9. The summed E-state index contributed by atoms with van der Waals surface area (Å²) < 4.78 is 10.9. The van der Waals surface area contributed by atoms with Gasteiger partial charge in [-0.25, -0.2) is 4.79 Å². The molecule has 0 fully saturated rings. The minimum Gasteiger partial charge on any atom is -0.481 e. The van der Waals surface area contributed by atoms with Crippen molar-refractivity contribution >= 4 is 18.0 Å². The first-order chi connectivity index (χ1) is 15.6. The number of carbonyl (C=O) groups excluding carboxylic acids is 2. The minimum absolute atomic E-state index is 0.157. The van der Waals surface area contributed by atoms with Gasteiger partial charge in [-0.05, 0) is 31.9 Å². The number of benzene rings is 2. The van der Waals surface area contributed by atoms with Crippen LogP contribution in [0.1, 0.15) is 44.4 Å². The van der Waals surface area contributed by atoms with Gasteiger partial charge in [0.15, 0.2) is 0 Å². The Balaban J connectivity index is 2.01. The van der Waals surface area contributed by atoms with E-state index >= 15 is 0 Å². The molecule has 2 atom stereocenters. The van der Waals surface area contributed by atoms with Crippen LogP contribution >= 0.6 is 0 Å². The normalized spacial score (nSPS) is 12.9. The average Bonchev–Trinajstić information content (AvgIpc) is 2.75. The lowest BCUT2D eigenvalue weighted by Gasteiger charge is -2.23. The van der Waals surface area contributed by atoms with Crippen molar-refractivity contribution in [2.75, 3.05) is 13.1 Å². The van der Waals surface area contributed by atoms with Crippen LogP contribution < -0.4 is 10.6 Å². The van der Waals surface area contributed by atoms with E-state index in [9.17, 15) is 19.5 Å². The number of carboxylic acid groups (broad SMARTS) is 1. The fourth-order valence-corrected chi connectivity index (χ4v) is 3.08. The number of aliphatic carboxylic acids is 1. The van der Waals surface area contributed by atoms with Crippen molar-refractivity contribution in [2.45, 2.75) is 51.4 Å². The maximum absolute atomic E-state index is 12.9. The summed E-state index contributed by atoms with van der Waals surface area (Å²) in [7, 11) is 0. The lowest BCUT2D eigenvalue weighted by atomic mass is 10.0. The van der Waals surface area contributed by atoms with Crippen molar-refractivity contribution in [3.8, 4) is 0 Å². The Morgan fingerprint density at radius 3 is 2.12 bits per heavy atom. The van der Waals surface area contributed by atoms with Crippen LogP contribution in [0.25, 0.3) is 0 Å². The Morgan fingerprint density at radius 1 is 0.939 bits per heavy atom. The van der Waals surface area contributed by atoms with Crippen LogP contribution in [-0.4, -0.2) is 47.9 Å². The molecule has 8 nitrogen and oxygen atoms in total. The van der Waals surface area contributed by atoms with Gasteiger partial charge in [-0.3, -0.25) is 9.59 Å². The van der Waals surface area contributed by atoms with Crippen LogP contribution in [0.4, 0.5) is 4.79 Å². The Morgan fingerprint density at radius 2 is 1.55 bits per heavy atom. The van der Waals surface area contributed by atoms with E-state index in [0.29, 0.717) is 6.42 Å². The number of carbonyl (C=O) groups is 3. The highest BCUT2D eigenvalue weighted by Gasteiger charge is 2.27. The minimum atomic E-state index is -1.14. The fraction of sp³-hybridized carbons (Fsp3) is 0.400. The van der Waals surface area contributed by atoms with Crippen LogP contribution in [-0.2, 0) is 25.5 Å². The van der Waals surface area contributed by atoms with Crippen molar-refractivity contribution in [2.24, 2.45) is 0 Å². The average molecular weight is 457 g/mol. The maximum Gasteiger partial charge on any atom is 0.407 e. The molecule has 178 valence electrons. The number of hydrogen-bond acceptors (Lipinski definition) is 6. The second-order valence-corrected chi connectivity index (χ2v) is 8.56. The zero-order valence-corrected chi connectivity index (χ0v) is 19.2. The molecule has 33 heavy (non-hydrogen) atoms. The predicted molar refractivity (Wildman–Crippen MR) is 124 cm³/mol. The van der Waals surface area contributed by atoms with E-state index in [1.165, 1.54) is 0 Å². The Labute approximate surface area is 194 Å². The topological polar surface area (TPSA) is 114 Å². The first-order valence-electron chi connectivity index (χ1n) is 10.9. The van der Waals surface area contributed by atoms with E-state index < -0.39 is 42.2 Å². The molecule has 0 spiro atoms. The van der Waals surface area contributed by atoms with Gasteiger partial charge in [0.25, 0.3) is 0 Å². The molecule has 2 aromatic carbocycles. The first-order valence-corrected chi connectivity index (χ1v) is 10.9. The van der Waals surface area contributed by atoms with Crippen LogP contribution in [0.15, 0.2) is 60.7 Å². The van der Waals surface area contributed by atoms with Crippen molar-refractivity contribution in [1.29, 1.82) is 0 Å². The number of esters is 1. The largest absolute Gasteiger partial charge is 0.481 e. The molecule has 2 rings (SSSR count). The van der Waals surface area contributed by atoms with E-state index in [-0.39, 0.29) is 13.1 Å². The smallest absolute Gasteiger partial charge is 0.407 e. The summed E-state index contributed by atoms with van der Waals surface area (Å²) in [5.74, 6) is -1.80. The summed E-state index contributed by atoms with van der Waals surface area (Å²) in [6, 6.07) is 17.9. The summed E-state index contributed by atoms with van der Waals surface area (Å²) in [5, 5.41) is 14.7. The summed E-state index contributed by atoms with van der Waals surface area (Å²) in [6.45, 7) is 5.58. The molecule has 1 amide bonds. The Kier molecular flexibility index (Phi) is 9.87. The molecule has 2 aromatic rings. The summed E-state index contributed by atoms with van der Waals surface area (Å²) in [6.07, 6.45) is -1.15. The molecule has 0 aliphatic heterocycles. The highest BCUT2D eigenvalue weighted by Crippen LogP contribution is 2.23. The van der Waals surface area contributed by atoms with Crippen LogP contribution in [0.2, 0.25) is 0 Å². The van der Waals surface area contributed by atoms with E-state index in [4.69, 9.17) is 9.47 Å². The standard InChI is InChI=1S/C25H32N2O6/c1-25(2,3)33-24(31)27-15-14-26-20(17-22(28)29)23(30)32-21(19-12-8-5-9-13-19)16-18-10-6-4-7-11-18/h4-13,20-21,26H,14-17H2,1-3H3,(H,27,31)(H,28,29)/t20-,21?/m1/s1. The van der Waals surface area contributed by atoms with Gasteiger partial charge in [0.05, 0.1) is 6.42 Å². The van der Waals surface area contributed by atoms with Crippen molar-refractivity contribution in [3.63, 3.8) is 0 Å². The zero-order valence-electron chi connectivity index (χ0n) is 19.2. The van der Waals surface area contributed by atoms with Crippen molar-refractivity contribution < 1.29 is 29.0 Å². The van der Waals surface area contributed by atoms with E-state index in [2.05, 4.69) is 10.6 Å². The molecule has 0 radical (unpaired) electrons. The molecule has 0 heterocycles. The van der Waals surface area contributed by atoms with Gasteiger partial charge >= 0.3 is 18.0 Å².